The van der Waals surface area contributed by atoms with Crippen LogP contribution in [0, 0.1) is 5.92 Å². The molecule has 1 nitrogen and oxygen atoms in total. The van der Waals surface area contributed by atoms with Gasteiger partial charge in [0.15, 0.2) is 5.78 Å². The zero-order chi connectivity index (χ0) is 6.85. The zero-order valence-corrected chi connectivity index (χ0v) is 5.72. The topological polar surface area (TPSA) is 17.1 Å². The van der Waals surface area contributed by atoms with Crippen LogP contribution in [0.2, 0.25) is 0 Å². The Morgan fingerprint density at radius 3 is 2.67 bits per heavy atom. The molecule has 0 amide bonds. The molecule has 0 aliphatic heterocycles. The first-order valence-corrected chi connectivity index (χ1v) is 3.10. The Balaban J connectivity index is 2.82. The Kier molecular flexibility index (Phi) is 1.52. The molecule has 0 saturated carbocycles. The van der Waals surface area contributed by atoms with Crippen LogP contribution in [0.5, 0.6) is 0 Å². The zero-order valence-electron chi connectivity index (χ0n) is 5.72. The van der Waals surface area contributed by atoms with Gasteiger partial charge >= 0.3 is 0 Å². The largest absolute Gasteiger partial charge is 0.294 e. The average molecular weight is 122 g/mol. The standard InChI is InChI=1S/C8H10O/c1-6-3-4-7(2)8(9)5-6/h3-5,7H,1-2H3. The summed E-state index contributed by atoms with van der Waals surface area (Å²) in [6, 6.07) is 0. The summed E-state index contributed by atoms with van der Waals surface area (Å²) >= 11 is 0. The Morgan fingerprint density at radius 1 is 1.56 bits per heavy atom. The van der Waals surface area contributed by atoms with Crippen molar-refractivity contribution in [2.45, 2.75) is 13.8 Å². The van der Waals surface area contributed by atoms with Gasteiger partial charge in [0.1, 0.15) is 0 Å². The lowest BCUT2D eigenvalue weighted by Crippen LogP contribution is -2.07. The third-order valence-electron chi connectivity index (χ3n) is 1.47. The molecule has 0 aromatic rings. The number of carbonyl (C=O) groups is 1. The monoisotopic (exact) mass is 122 g/mol. The first-order valence-electron chi connectivity index (χ1n) is 3.10. The van der Waals surface area contributed by atoms with Gasteiger partial charge in [-0.15, -0.1) is 0 Å². The highest BCUT2D eigenvalue weighted by Crippen LogP contribution is 2.10. The van der Waals surface area contributed by atoms with E-state index in [2.05, 4.69) is 0 Å². The maximum atomic E-state index is 10.9. The van der Waals surface area contributed by atoms with Crippen LogP contribution >= 0.6 is 0 Å². The van der Waals surface area contributed by atoms with Crippen LogP contribution in [0.4, 0.5) is 0 Å². The maximum absolute atomic E-state index is 10.9. The quantitative estimate of drug-likeness (QED) is 0.478. The lowest BCUT2D eigenvalue weighted by Gasteiger charge is -2.05. The minimum atomic E-state index is 0.0914. The van der Waals surface area contributed by atoms with Crippen LogP contribution in [-0.2, 0) is 4.79 Å². The fraction of sp³-hybridized carbons (Fsp3) is 0.375. The molecule has 1 unspecified atom stereocenters. The first kappa shape index (κ1) is 6.27. The SMILES string of the molecule is CC1=CC(=O)C(C)C=C1. The van der Waals surface area contributed by atoms with Gasteiger partial charge in [0.05, 0.1) is 0 Å². The third kappa shape index (κ3) is 1.28. The van der Waals surface area contributed by atoms with Crippen molar-refractivity contribution in [3.63, 3.8) is 0 Å². The highest BCUT2D eigenvalue weighted by atomic mass is 16.1. The second kappa shape index (κ2) is 2.18. The molecule has 0 spiro atoms. The lowest BCUT2D eigenvalue weighted by molar-refractivity contribution is -0.116. The molecule has 9 heavy (non-hydrogen) atoms. The molecule has 1 aliphatic carbocycles. The van der Waals surface area contributed by atoms with Crippen molar-refractivity contribution in [3.05, 3.63) is 23.8 Å². The smallest absolute Gasteiger partial charge is 0.162 e. The highest BCUT2D eigenvalue weighted by Gasteiger charge is 2.09. The molecule has 0 aromatic carbocycles. The van der Waals surface area contributed by atoms with Gasteiger partial charge in [-0.05, 0) is 18.6 Å². The van der Waals surface area contributed by atoms with Crippen molar-refractivity contribution < 1.29 is 4.79 Å². The van der Waals surface area contributed by atoms with E-state index in [1.807, 2.05) is 26.0 Å². The fourth-order valence-electron chi connectivity index (χ4n) is 0.795. The van der Waals surface area contributed by atoms with Gasteiger partial charge in [0.25, 0.3) is 0 Å². The second-order valence-corrected chi connectivity index (χ2v) is 2.44. The number of carbonyl (C=O) groups excluding carboxylic acids is 1. The van der Waals surface area contributed by atoms with Gasteiger partial charge in [-0.2, -0.15) is 0 Å². The molecule has 1 rings (SSSR count). The molecule has 0 fully saturated rings. The number of allylic oxidation sites excluding steroid dienone is 4. The molecule has 0 heterocycles. The molecule has 0 bridgehead atoms. The predicted molar refractivity (Wildman–Crippen MR) is 37.1 cm³/mol. The number of hydrogen-bond donors (Lipinski definition) is 0. The van der Waals surface area contributed by atoms with Gasteiger partial charge < -0.3 is 0 Å². The van der Waals surface area contributed by atoms with E-state index in [4.69, 9.17) is 0 Å². The first-order chi connectivity index (χ1) is 4.20. The van der Waals surface area contributed by atoms with Crippen LogP contribution in [0.15, 0.2) is 23.8 Å². The molecule has 0 aromatic heterocycles. The number of hydrogen-bond acceptors (Lipinski definition) is 1. The Bertz CT molecular complexity index is 187. The van der Waals surface area contributed by atoms with Crippen molar-refractivity contribution in [1.82, 2.24) is 0 Å². The molecule has 0 saturated heterocycles. The summed E-state index contributed by atoms with van der Waals surface area (Å²) in [5.41, 5.74) is 1.05. The third-order valence-corrected chi connectivity index (χ3v) is 1.47. The molecular formula is C8H10O. The number of rotatable bonds is 0. The van der Waals surface area contributed by atoms with E-state index in [1.54, 1.807) is 6.08 Å². The molecule has 0 radical (unpaired) electrons. The van der Waals surface area contributed by atoms with Gasteiger partial charge in [0, 0.05) is 5.92 Å². The molecule has 1 atom stereocenters. The minimum absolute atomic E-state index is 0.0914. The summed E-state index contributed by atoms with van der Waals surface area (Å²) in [4.78, 5) is 10.9. The van der Waals surface area contributed by atoms with Crippen molar-refractivity contribution >= 4 is 5.78 Å². The summed E-state index contributed by atoms with van der Waals surface area (Å²) in [5, 5.41) is 0. The van der Waals surface area contributed by atoms with E-state index in [0.717, 1.165) is 5.57 Å². The van der Waals surface area contributed by atoms with Crippen molar-refractivity contribution in [1.29, 1.82) is 0 Å². The second-order valence-electron chi connectivity index (χ2n) is 2.44. The van der Waals surface area contributed by atoms with Gasteiger partial charge in [0.2, 0.25) is 0 Å². The maximum Gasteiger partial charge on any atom is 0.162 e. The Labute approximate surface area is 55.1 Å². The normalized spacial score (nSPS) is 26.2. The molecular weight excluding hydrogens is 112 g/mol. The summed E-state index contributed by atoms with van der Waals surface area (Å²) in [7, 11) is 0. The van der Waals surface area contributed by atoms with E-state index in [9.17, 15) is 4.79 Å². The van der Waals surface area contributed by atoms with Crippen molar-refractivity contribution in [2.75, 3.05) is 0 Å². The molecule has 1 aliphatic rings. The van der Waals surface area contributed by atoms with Crippen molar-refractivity contribution in [3.8, 4) is 0 Å². The summed E-state index contributed by atoms with van der Waals surface area (Å²) in [6.45, 7) is 3.84. The van der Waals surface area contributed by atoms with Gasteiger partial charge in [-0.25, -0.2) is 0 Å². The fourth-order valence-corrected chi connectivity index (χ4v) is 0.795. The summed E-state index contributed by atoms with van der Waals surface area (Å²) in [6.07, 6.45) is 5.59. The summed E-state index contributed by atoms with van der Waals surface area (Å²) < 4.78 is 0. The van der Waals surface area contributed by atoms with Gasteiger partial charge in [-0.1, -0.05) is 19.1 Å². The van der Waals surface area contributed by atoms with E-state index < -0.39 is 0 Å². The van der Waals surface area contributed by atoms with E-state index in [-0.39, 0.29) is 11.7 Å². The molecule has 1 heteroatoms. The predicted octanol–water partition coefficient (Wildman–Crippen LogP) is 1.71. The average Bonchev–Trinajstić information content (AvgIpc) is 1.80. The van der Waals surface area contributed by atoms with Crippen LogP contribution in [0.1, 0.15) is 13.8 Å². The van der Waals surface area contributed by atoms with E-state index in [1.165, 1.54) is 0 Å². The van der Waals surface area contributed by atoms with Crippen LogP contribution in [-0.4, -0.2) is 5.78 Å². The minimum Gasteiger partial charge on any atom is -0.294 e. The van der Waals surface area contributed by atoms with E-state index >= 15 is 0 Å². The van der Waals surface area contributed by atoms with Crippen LogP contribution < -0.4 is 0 Å². The van der Waals surface area contributed by atoms with Crippen LogP contribution in [0.3, 0.4) is 0 Å². The van der Waals surface area contributed by atoms with Crippen molar-refractivity contribution in [2.24, 2.45) is 5.92 Å². The number of ketones is 1. The lowest BCUT2D eigenvalue weighted by atomic mass is 9.98. The summed E-state index contributed by atoms with van der Waals surface area (Å²) in [5.74, 6) is 0.309. The van der Waals surface area contributed by atoms with Gasteiger partial charge in [-0.3, -0.25) is 4.79 Å². The van der Waals surface area contributed by atoms with E-state index in [0.29, 0.717) is 0 Å². The molecule has 0 N–H and O–H groups in total. The van der Waals surface area contributed by atoms with Crippen LogP contribution in [0.25, 0.3) is 0 Å². The Morgan fingerprint density at radius 2 is 2.22 bits per heavy atom. The highest BCUT2D eigenvalue weighted by molar-refractivity contribution is 5.94. The Hall–Kier alpha value is -0.850. The molecule has 48 valence electrons.